The van der Waals surface area contributed by atoms with Crippen molar-refractivity contribution in [1.29, 1.82) is 0 Å². The molecule has 0 spiro atoms. The molecule has 17 heavy (non-hydrogen) atoms. The molecule has 0 radical (unpaired) electrons. The van der Waals surface area contributed by atoms with Crippen LogP contribution in [-0.4, -0.2) is 19.5 Å². The van der Waals surface area contributed by atoms with Crippen molar-refractivity contribution in [3.05, 3.63) is 42.1 Å². The summed E-state index contributed by atoms with van der Waals surface area (Å²) in [5, 5.41) is 3.18. The molecule has 0 aliphatic carbocycles. The number of aromatic nitrogens is 3. The van der Waals surface area contributed by atoms with Gasteiger partial charge in [0.15, 0.2) is 0 Å². The van der Waals surface area contributed by atoms with Crippen LogP contribution in [0.15, 0.2) is 30.7 Å². The molecule has 3 N–H and O–H groups in total. The maximum atomic E-state index is 5.62. The van der Waals surface area contributed by atoms with E-state index in [2.05, 4.69) is 15.3 Å². The van der Waals surface area contributed by atoms with E-state index >= 15 is 0 Å². The molecule has 0 bridgehead atoms. The normalized spacial score (nSPS) is 10.2. The van der Waals surface area contributed by atoms with Crippen molar-refractivity contribution < 1.29 is 0 Å². The first-order valence-corrected chi connectivity index (χ1v) is 5.54. The third-order valence-electron chi connectivity index (χ3n) is 2.41. The van der Waals surface area contributed by atoms with Gasteiger partial charge in [-0.05, 0) is 12.1 Å². The molecule has 2 heterocycles. The number of rotatable bonds is 4. The molecular formula is C11H13N5S. The first kappa shape index (κ1) is 11.5. The fourth-order valence-corrected chi connectivity index (χ4v) is 1.64. The van der Waals surface area contributed by atoms with Crippen LogP contribution >= 0.6 is 12.2 Å². The summed E-state index contributed by atoms with van der Waals surface area (Å²) < 4.78 is 1.94. The number of imidazole rings is 1. The lowest BCUT2D eigenvalue weighted by Gasteiger charge is -2.09. The molecule has 0 atom stereocenters. The van der Waals surface area contributed by atoms with E-state index in [1.807, 2.05) is 23.9 Å². The zero-order chi connectivity index (χ0) is 12.3. The predicted octanol–water partition coefficient (Wildman–Crippen LogP) is 1.06. The second kappa shape index (κ2) is 4.92. The van der Waals surface area contributed by atoms with Crippen molar-refractivity contribution >= 4 is 23.0 Å². The van der Waals surface area contributed by atoms with Crippen molar-refractivity contribution in [2.24, 2.45) is 12.8 Å². The molecule has 0 amide bonds. The quantitative estimate of drug-likeness (QED) is 0.791. The van der Waals surface area contributed by atoms with Crippen LogP contribution in [0.1, 0.15) is 11.4 Å². The minimum atomic E-state index is 0.334. The lowest BCUT2D eigenvalue weighted by molar-refractivity contribution is 0.811. The predicted molar refractivity (Wildman–Crippen MR) is 70.7 cm³/mol. The standard InChI is InChI=1S/C11H13N5S/c1-16-6-5-13-9(16)7-15-11-8(10(12)17)3-2-4-14-11/h2-6H,7H2,1H3,(H2,12,17)(H,14,15). The summed E-state index contributed by atoms with van der Waals surface area (Å²) in [5.74, 6) is 1.60. The van der Waals surface area contributed by atoms with Crippen LogP contribution in [0, 0.1) is 0 Å². The average Bonchev–Trinajstić information content (AvgIpc) is 2.72. The summed E-state index contributed by atoms with van der Waals surface area (Å²) in [5.41, 5.74) is 6.37. The van der Waals surface area contributed by atoms with Gasteiger partial charge in [0.05, 0.1) is 12.1 Å². The summed E-state index contributed by atoms with van der Waals surface area (Å²) >= 11 is 4.97. The number of aryl methyl sites for hydroxylation is 1. The molecule has 0 saturated heterocycles. The van der Waals surface area contributed by atoms with E-state index < -0.39 is 0 Å². The van der Waals surface area contributed by atoms with Gasteiger partial charge in [0.25, 0.3) is 0 Å². The Labute approximate surface area is 105 Å². The van der Waals surface area contributed by atoms with E-state index in [1.54, 1.807) is 18.5 Å². The molecule has 88 valence electrons. The maximum absolute atomic E-state index is 5.62. The van der Waals surface area contributed by atoms with Gasteiger partial charge in [-0.3, -0.25) is 0 Å². The number of nitrogens with zero attached hydrogens (tertiary/aromatic N) is 3. The van der Waals surface area contributed by atoms with Crippen LogP contribution < -0.4 is 11.1 Å². The van der Waals surface area contributed by atoms with E-state index in [-0.39, 0.29) is 0 Å². The highest BCUT2D eigenvalue weighted by atomic mass is 32.1. The van der Waals surface area contributed by atoms with Gasteiger partial charge in [0.1, 0.15) is 16.6 Å². The topological polar surface area (TPSA) is 68.8 Å². The van der Waals surface area contributed by atoms with Crippen LogP contribution in [0.5, 0.6) is 0 Å². The van der Waals surface area contributed by atoms with E-state index in [4.69, 9.17) is 18.0 Å². The van der Waals surface area contributed by atoms with Crippen molar-refractivity contribution in [3.63, 3.8) is 0 Å². The Balaban J connectivity index is 2.14. The van der Waals surface area contributed by atoms with Crippen LogP contribution in [0.4, 0.5) is 5.82 Å². The van der Waals surface area contributed by atoms with Gasteiger partial charge < -0.3 is 15.6 Å². The number of nitrogens with one attached hydrogen (secondary N) is 1. The Bertz CT molecular complexity index is 534. The molecule has 6 heteroatoms. The van der Waals surface area contributed by atoms with Crippen LogP contribution in [-0.2, 0) is 13.6 Å². The summed E-state index contributed by atoms with van der Waals surface area (Å²) in [7, 11) is 1.94. The second-order valence-electron chi connectivity index (χ2n) is 3.57. The highest BCUT2D eigenvalue weighted by molar-refractivity contribution is 7.80. The third kappa shape index (κ3) is 2.59. The van der Waals surface area contributed by atoms with Crippen LogP contribution in [0.3, 0.4) is 0 Å². The van der Waals surface area contributed by atoms with Crippen molar-refractivity contribution in [3.8, 4) is 0 Å². The minimum absolute atomic E-state index is 0.334. The smallest absolute Gasteiger partial charge is 0.136 e. The number of hydrogen-bond donors (Lipinski definition) is 2. The lowest BCUT2D eigenvalue weighted by Crippen LogP contribution is -2.15. The van der Waals surface area contributed by atoms with Crippen molar-refractivity contribution in [1.82, 2.24) is 14.5 Å². The fraction of sp³-hybridized carbons (Fsp3) is 0.182. The van der Waals surface area contributed by atoms with Gasteiger partial charge in [-0.25, -0.2) is 9.97 Å². The summed E-state index contributed by atoms with van der Waals surface area (Å²) in [6, 6.07) is 3.65. The van der Waals surface area contributed by atoms with Crippen molar-refractivity contribution in [2.75, 3.05) is 5.32 Å². The zero-order valence-corrected chi connectivity index (χ0v) is 10.2. The van der Waals surface area contributed by atoms with E-state index in [0.29, 0.717) is 17.4 Å². The van der Waals surface area contributed by atoms with E-state index in [1.165, 1.54) is 0 Å². The van der Waals surface area contributed by atoms with Gasteiger partial charge in [-0.15, -0.1) is 0 Å². The average molecular weight is 247 g/mol. The Hall–Kier alpha value is -1.95. The van der Waals surface area contributed by atoms with Crippen LogP contribution in [0.25, 0.3) is 0 Å². The molecule has 2 rings (SSSR count). The van der Waals surface area contributed by atoms with Gasteiger partial charge in [0, 0.05) is 25.6 Å². The molecule has 0 fully saturated rings. The number of anilines is 1. The van der Waals surface area contributed by atoms with Gasteiger partial charge in [0.2, 0.25) is 0 Å². The number of nitrogens with two attached hydrogens (primary N) is 1. The van der Waals surface area contributed by atoms with Crippen molar-refractivity contribution in [2.45, 2.75) is 6.54 Å². The Morgan fingerprint density at radius 1 is 1.47 bits per heavy atom. The lowest BCUT2D eigenvalue weighted by atomic mass is 10.2. The molecular weight excluding hydrogens is 234 g/mol. The molecule has 0 aliphatic rings. The Morgan fingerprint density at radius 3 is 2.94 bits per heavy atom. The molecule has 2 aromatic heterocycles. The molecule has 2 aromatic rings. The number of thiocarbonyl (C=S) groups is 1. The molecule has 5 nitrogen and oxygen atoms in total. The molecule has 0 unspecified atom stereocenters. The first-order valence-electron chi connectivity index (χ1n) is 5.13. The van der Waals surface area contributed by atoms with Crippen LogP contribution in [0.2, 0.25) is 0 Å². The number of pyridine rings is 1. The highest BCUT2D eigenvalue weighted by Crippen LogP contribution is 2.12. The minimum Gasteiger partial charge on any atom is -0.389 e. The zero-order valence-electron chi connectivity index (χ0n) is 9.42. The summed E-state index contributed by atoms with van der Waals surface area (Å²) in [6.07, 6.45) is 5.34. The second-order valence-corrected chi connectivity index (χ2v) is 4.01. The highest BCUT2D eigenvalue weighted by Gasteiger charge is 2.06. The fourth-order valence-electron chi connectivity index (χ4n) is 1.47. The van der Waals surface area contributed by atoms with Gasteiger partial charge in [-0.1, -0.05) is 12.2 Å². The Kier molecular flexibility index (Phi) is 3.34. The molecule has 0 aliphatic heterocycles. The number of hydrogen-bond acceptors (Lipinski definition) is 4. The monoisotopic (exact) mass is 247 g/mol. The SMILES string of the molecule is Cn1ccnc1CNc1ncccc1C(N)=S. The summed E-state index contributed by atoms with van der Waals surface area (Å²) in [6.45, 7) is 0.579. The third-order valence-corrected chi connectivity index (χ3v) is 2.63. The summed E-state index contributed by atoms with van der Waals surface area (Å²) in [4.78, 5) is 8.76. The first-order chi connectivity index (χ1) is 8.18. The van der Waals surface area contributed by atoms with E-state index in [9.17, 15) is 0 Å². The molecule has 0 aromatic carbocycles. The molecule has 0 saturated carbocycles. The largest absolute Gasteiger partial charge is 0.389 e. The van der Waals surface area contributed by atoms with E-state index in [0.717, 1.165) is 11.4 Å². The van der Waals surface area contributed by atoms with Gasteiger partial charge in [-0.2, -0.15) is 0 Å². The Morgan fingerprint density at radius 2 is 2.29 bits per heavy atom. The van der Waals surface area contributed by atoms with Gasteiger partial charge >= 0.3 is 0 Å². The maximum Gasteiger partial charge on any atom is 0.136 e.